The summed E-state index contributed by atoms with van der Waals surface area (Å²) >= 11 is 0. The molecule has 22 heavy (non-hydrogen) atoms. The van der Waals surface area contributed by atoms with Gasteiger partial charge in [0.2, 0.25) is 0 Å². The standard InChI is InChI=1S/C14H15F3N4O/c1-20-12(18-9-19-20)8-21-6-7-22-11-5-3-2-4-10(11)13(21)14(15,16)17/h2-5,9,13H,6-8H2,1H3. The van der Waals surface area contributed by atoms with Crippen LogP contribution in [0.1, 0.15) is 17.4 Å². The second-order valence-corrected chi connectivity index (χ2v) is 5.10. The fourth-order valence-electron chi connectivity index (χ4n) is 2.64. The maximum atomic E-state index is 13.6. The molecule has 0 spiro atoms. The van der Waals surface area contributed by atoms with Crippen LogP contribution in [0.15, 0.2) is 30.6 Å². The Morgan fingerprint density at radius 2 is 2.09 bits per heavy atom. The normalized spacial score (nSPS) is 19.4. The monoisotopic (exact) mass is 312 g/mol. The molecule has 1 atom stereocenters. The van der Waals surface area contributed by atoms with Gasteiger partial charge in [0.15, 0.2) is 0 Å². The van der Waals surface area contributed by atoms with E-state index in [-0.39, 0.29) is 31.0 Å². The quantitative estimate of drug-likeness (QED) is 0.853. The average molecular weight is 312 g/mol. The molecule has 8 heteroatoms. The highest BCUT2D eigenvalue weighted by Crippen LogP contribution is 2.43. The second-order valence-electron chi connectivity index (χ2n) is 5.10. The Bertz CT molecular complexity index is 656. The van der Waals surface area contributed by atoms with Crippen molar-refractivity contribution < 1.29 is 17.9 Å². The first kappa shape index (κ1) is 14.8. The third-order valence-electron chi connectivity index (χ3n) is 3.67. The maximum Gasteiger partial charge on any atom is 0.408 e. The summed E-state index contributed by atoms with van der Waals surface area (Å²) in [7, 11) is 1.66. The molecule has 1 aromatic carbocycles. The smallest absolute Gasteiger partial charge is 0.408 e. The molecule has 0 radical (unpaired) electrons. The largest absolute Gasteiger partial charge is 0.492 e. The van der Waals surface area contributed by atoms with Crippen molar-refractivity contribution in [1.82, 2.24) is 19.7 Å². The van der Waals surface area contributed by atoms with Gasteiger partial charge in [-0.05, 0) is 6.07 Å². The second kappa shape index (κ2) is 5.60. The van der Waals surface area contributed by atoms with E-state index in [1.54, 1.807) is 25.2 Å². The summed E-state index contributed by atoms with van der Waals surface area (Å²) in [5.74, 6) is 0.763. The highest BCUT2D eigenvalue weighted by molar-refractivity contribution is 5.37. The lowest BCUT2D eigenvalue weighted by Crippen LogP contribution is -2.39. The Kier molecular flexibility index (Phi) is 3.78. The van der Waals surface area contributed by atoms with Crippen LogP contribution in [0.2, 0.25) is 0 Å². The highest BCUT2D eigenvalue weighted by Gasteiger charge is 2.47. The molecular formula is C14H15F3N4O. The highest BCUT2D eigenvalue weighted by atomic mass is 19.4. The van der Waals surface area contributed by atoms with Crippen molar-refractivity contribution in [1.29, 1.82) is 0 Å². The number of rotatable bonds is 2. The van der Waals surface area contributed by atoms with E-state index in [0.717, 1.165) is 0 Å². The Morgan fingerprint density at radius 1 is 1.32 bits per heavy atom. The van der Waals surface area contributed by atoms with Gasteiger partial charge in [-0.2, -0.15) is 18.3 Å². The van der Waals surface area contributed by atoms with Gasteiger partial charge in [0.1, 0.15) is 30.5 Å². The number of halogens is 3. The van der Waals surface area contributed by atoms with E-state index in [1.807, 2.05) is 0 Å². The summed E-state index contributed by atoms with van der Waals surface area (Å²) in [6.45, 7) is 0.408. The van der Waals surface area contributed by atoms with Crippen molar-refractivity contribution in [3.63, 3.8) is 0 Å². The number of para-hydroxylation sites is 1. The molecule has 2 heterocycles. The van der Waals surface area contributed by atoms with Crippen LogP contribution in [0.3, 0.4) is 0 Å². The van der Waals surface area contributed by atoms with Crippen LogP contribution >= 0.6 is 0 Å². The van der Waals surface area contributed by atoms with Gasteiger partial charge in [0, 0.05) is 19.2 Å². The first-order valence-corrected chi connectivity index (χ1v) is 6.82. The number of benzene rings is 1. The van der Waals surface area contributed by atoms with E-state index in [2.05, 4.69) is 10.1 Å². The minimum Gasteiger partial charge on any atom is -0.492 e. The van der Waals surface area contributed by atoms with Crippen LogP contribution in [0.5, 0.6) is 5.75 Å². The Morgan fingerprint density at radius 3 is 2.77 bits per heavy atom. The minimum absolute atomic E-state index is 0.0539. The van der Waals surface area contributed by atoms with Crippen molar-refractivity contribution in [3.05, 3.63) is 42.0 Å². The number of hydrogen-bond donors (Lipinski definition) is 0. The van der Waals surface area contributed by atoms with Gasteiger partial charge in [-0.25, -0.2) is 4.98 Å². The molecule has 0 N–H and O–H groups in total. The topological polar surface area (TPSA) is 43.2 Å². The number of fused-ring (bicyclic) bond motifs is 1. The maximum absolute atomic E-state index is 13.6. The molecule has 1 unspecified atom stereocenters. The fraction of sp³-hybridized carbons (Fsp3) is 0.429. The van der Waals surface area contributed by atoms with Gasteiger partial charge in [0.25, 0.3) is 0 Å². The van der Waals surface area contributed by atoms with Crippen LogP contribution in [0, 0.1) is 0 Å². The molecule has 0 fully saturated rings. The van der Waals surface area contributed by atoms with Crippen LogP contribution < -0.4 is 4.74 Å². The molecule has 3 rings (SSSR count). The van der Waals surface area contributed by atoms with Crippen molar-refractivity contribution >= 4 is 0 Å². The van der Waals surface area contributed by atoms with Crippen molar-refractivity contribution in [2.75, 3.05) is 13.2 Å². The average Bonchev–Trinajstić information content (AvgIpc) is 2.75. The van der Waals surface area contributed by atoms with Crippen LogP contribution in [0.25, 0.3) is 0 Å². The Balaban J connectivity index is 1.99. The molecule has 0 bridgehead atoms. The first-order chi connectivity index (χ1) is 10.5. The summed E-state index contributed by atoms with van der Waals surface area (Å²) in [6, 6.07) is 4.57. The zero-order valence-electron chi connectivity index (χ0n) is 11.9. The molecule has 5 nitrogen and oxygen atoms in total. The number of hydrogen-bond acceptors (Lipinski definition) is 4. The Labute approximate surface area is 125 Å². The molecular weight excluding hydrogens is 297 g/mol. The third-order valence-corrected chi connectivity index (χ3v) is 3.67. The lowest BCUT2D eigenvalue weighted by Gasteiger charge is -2.30. The van der Waals surface area contributed by atoms with Crippen LogP contribution in [0.4, 0.5) is 13.2 Å². The van der Waals surface area contributed by atoms with E-state index < -0.39 is 12.2 Å². The molecule has 1 aromatic heterocycles. The molecule has 0 saturated carbocycles. The van der Waals surface area contributed by atoms with Crippen LogP contribution in [-0.2, 0) is 13.6 Å². The van der Waals surface area contributed by atoms with Gasteiger partial charge >= 0.3 is 6.18 Å². The summed E-state index contributed by atoms with van der Waals surface area (Å²) in [5.41, 5.74) is 0.134. The third kappa shape index (κ3) is 2.78. The molecule has 1 aliphatic rings. The van der Waals surface area contributed by atoms with Crippen molar-refractivity contribution in [2.24, 2.45) is 7.05 Å². The van der Waals surface area contributed by atoms with Crippen molar-refractivity contribution in [2.45, 2.75) is 18.8 Å². The molecule has 0 aliphatic carbocycles. The van der Waals surface area contributed by atoms with Gasteiger partial charge in [-0.1, -0.05) is 18.2 Å². The van der Waals surface area contributed by atoms with Gasteiger partial charge in [0.05, 0.1) is 6.54 Å². The molecule has 2 aromatic rings. The summed E-state index contributed by atoms with van der Waals surface area (Å²) in [4.78, 5) is 5.34. The first-order valence-electron chi connectivity index (χ1n) is 6.82. The van der Waals surface area contributed by atoms with E-state index in [1.165, 1.54) is 22.0 Å². The molecule has 1 aliphatic heterocycles. The number of nitrogens with zero attached hydrogens (tertiary/aromatic N) is 4. The predicted molar refractivity (Wildman–Crippen MR) is 72.1 cm³/mol. The minimum atomic E-state index is -4.40. The summed E-state index contributed by atoms with van der Waals surface area (Å²) < 4.78 is 47.9. The van der Waals surface area contributed by atoms with Gasteiger partial charge in [-0.3, -0.25) is 9.58 Å². The van der Waals surface area contributed by atoms with E-state index in [0.29, 0.717) is 5.82 Å². The SMILES string of the molecule is Cn1ncnc1CN1CCOc2ccccc2C1C(F)(F)F. The fourth-order valence-corrected chi connectivity index (χ4v) is 2.64. The number of aromatic nitrogens is 3. The predicted octanol–water partition coefficient (Wildman–Crippen LogP) is 2.31. The summed E-state index contributed by atoms with van der Waals surface area (Å²) in [6.07, 6.45) is -3.07. The lowest BCUT2D eigenvalue weighted by molar-refractivity contribution is -0.187. The molecule has 0 amide bonds. The number of aryl methyl sites for hydroxylation is 1. The van der Waals surface area contributed by atoms with E-state index in [9.17, 15) is 13.2 Å². The zero-order valence-corrected chi connectivity index (χ0v) is 11.9. The van der Waals surface area contributed by atoms with E-state index in [4.69, 9.17) is 4.74 Å². The van der Waals surface area contributed by atoms with Crippen LogP contribution in [-0.4, -0.2) is 39.0 Å². The van der Waals surface area contributed by atoms with Gasteiger partial charge in [-0.15, -0.1) is 0 Å². The number of ether oxygens (including phenoxy) is 1. The lowest BCUT2D eigenvalue weighted by atomic mass is 10.0. The van der Waals surface area contributed by atoms with Crippen molar-refractivity contribution in [3.8, 4) is 5.75 Å². The number of alkyl halides is 3. The molecule has 118 valence electrons. The van der Waals surface area contributed by atoms with E-state index >= 15 is 0 Å². The summed E-state index contributed by atoms with van der Waals surface area (Å²) in [5, 5.41) is 3.90. The molecule has 0 saturated heterocycles. The van der Waals surface area contributed by atoms with Gasteiger partial charge < -0.3 is 4.74 Å². The Hall–Kier alpha value is -2.09. The zero-order chi connectivity index (χ0) is 15.7.